The average molecular weight is 348 g/mol. The van der Waals surface area contributed by atoms with E-state index in [0.29, 0.717) is 5.95 Å². The Labute approximate surface area is 154 Å². The molecular weight excluding hydrogens is 324 g/mol. The van der Waals surface area contributed by atoms with Gasteiger partial charge in [-0.15, -0.1) is 0 Å². The number of hydrazone groups is 1. The van der Waals surface area contributed by atoms with Gasteiger partial charge in [-0.05, 0) is 46.2 Å². The molecule has 2 heterocycles. The number of anilines is 1. The van der Waals surface area contributed by atoms with E-state index in [4.69, 9.17) is 0 Å². The number of hydrogen-bond donors (Lipinski definition) is 1. The summed E-state index contributed by atoms with van der Waals surface area (Å²) >= 11 is 0. The van der Waals surface area contributed by atoms with E-state index < -0.39 is 0 Å². The van der Waals surface area contributed by atoms with Gasteiger partial charge in [0, 0.05) is 22.6 Å². The van der Waals surface area contributed by atoms with Gasteiger partial charge in [0.25, 0.3) is 0 Å². The highest BCUT2D eigenvalue weighted by molar-refractivity contribution is 5.83. The molecule has 0 aliphatic rings. The van der Waals surface area contributed by atoms with Crippen LogP contribution in [0.25, 0.3) is 0 Å². The third-order valence-electron chi connectivity index (χ3n) is 4.23. The molecule has 2 aromatic heterocycles. The van der Waals surface area contributed by atoms with Crippen molar-refractivity contribution in [1.82, 2.24) is 19.7 Å². The molecule has 1 aromatic carbocycles. The number of nitrogens with one attached hydrogen (secondary N) is 1. The second-order valence-corrected chi connectivity index (χ2v) is 6.57. The van der Waals surface area contributed by atoms with Gasteiger partial charge in [-0.3, -0.25) is 4.68 Å². The monoisotopic (exact) mass is 348 g/mol. The molecule has 0 radical (unpaired) electrons. The van der Waals surface area contributed by atoms with Gasteiger partial charge in [0.05, 0.1) is 18.5 Å². The molecule has 26 heavy (non-hydrogen) atoms. The number of nitrogens with zero attached hydrogens (tertiary/aromatic N) is 5. The Morgan fingerprint density at radius 3 is 2.31 bits per heavy atom. The zero-order valence-electron chi connectivity index (χ0n) is 15.9. The minimum atomic E-state index is 0.501. The molecule has 0 fully saturated rings. The minimum absolute atomic E-state index is 0.501. The summed E-state index contributed by atoms with van der Waals surface area (Å²) in [5.74, 6) is 0.501. The van der Waals surface area contributed by atoms with E-state index in [1.54, 1.807) is 6.21 Å². The van der Waals surface area contributed by atoms with Crippen LogP contribution in [0.3, 0.4) is 0 Å². The molecule has 0 spiro atoms. The van der Waals surface area contributed by atoms with Gasteiger partial charge in [-0.1, -0.05) is 29.8 Å². The summed E-state index contributed by atoms with van der Waals surface area (Å²) in [4.78, 5) is 8.64. The third-order valence-corrected chi connectivity index (χ3v) is 4.23. The van der Waals surface area contributed by atoms with Crippen LogP contribution in [0.15, 0.2) is 35.4 Å². The van der Waals surface area contributed by atoms with Gasteiger partial charge in [0.15, 0.2) is 0 Å². The lowest BCUT2D eigenvalue weighted by Crippen LogP contribution is -2.04. The van der Waals surface area contributed by atoms with Crippen molar-refractivity contribution in [3.63, 3.8) is 0 Å². The topological polar surface area (TPSA) is 68.0 Å². The van der Waals surface area contributed by atoms with Crippen molar-refractivity contribution in [1.29, 1.82) is 0 Å². The van der Waals surface area contributed by atoms with Crippen molar-refractivity contribution in [2.75, 3.05) is 5.43 Å². The fourth-order valence-electron chi connectivity index (χ4n) is 2.85. The molecule has 0 atom stereocenters. The van der Waals surface area contributed by atoms with Gasteiger partial charge in [0.2, 0.25) is 5.95 Å². The van der Waals surface area contributed by atoms with Crippen LogP contribution in [0.1, 0.15) is 39.5 Å². The quantitative estimate of drug-likeness (QED) is 0.564. The highest BCUT2D eigenvalue weighted by Crippen LogP contribution is 2.14. The Hall–Kier alpha value is -3.02. The summed E-state index contributed by atoms with van der Waals surface area (Å²) in [5, 5.41) is 8.94. The minimum Gasteiger partial charge on any atom is -0.265 e. The largest absolute Gasteiger partial charge is 0.265 e. The van der Waals surface area contributed by atoms with Crippen LogP contribution in [0.4, 0.5) is 5.95 Å². The maximum absolute atomic E-state index is 4.65. The number of benzene rings is 1. The van der Waals surface area contributed by atoms with Crippen LogP contribution in [0.5, 0.6) is 0 Å². The summed E-state index contributed by atoms with van der Waals surface area (Å²) in [6.07, 6.45) is 1.78. The summed E-state index contributed by atoms with van der Waals surface area (Å²) < 4.78 is 2.01. The van der Waals surface area contributed by atoms with Gasteiger partial charge in [-0.2, -0.15) is 10.2 Å². The highest BCUT2D eigenvalue weighted by Gasteiger charge is 2.10. The molecule has 0 saturated heterocycles. The van der Waals surface area contributed by atoms with Crippen LogP contribution in [0, 0.1) is 34.6 Å². The molecule has 0 aliphatic carbocycles. The van der Waals surface area contributed by atoms with Gasteiger partial charge >= 0.3 is 0 Å². The lowest BCUT2D eigenvalue weighted by molar-refractivity contribution is 0.659. The Kier molecular flexibility index (Phi) is 5.11. The fraction of sp³-hybridized carbons (Fsp3) is 0.300. The van der Waals surface area contributed by atoms with E-state index in [0.717, 1.165) is 34.9 Å². The third kappa shape index (κ3) is 4.14. The molecule has 0 bridgehead atoms. The summed E-state index contributed by atoms with van der Waals surface area (Å²) in [5.41, 5.74) is 10.2. The number of rotatable bonds is 5. The second-order valence-electron chi connectivity index (χ2n) is 6.57. The van der Waals surface area contributed by atoms with Gasteiger partial charge < -0.3 is 0 Å². The van der Waals surface area contributed by atoms with Crippen molar-refractivity contribution in [2.24, 2.45) is 5.10 Å². The van der Waals surface area contributed by atoms with Crippen molar-refractivity contribution in [3.8, 4) is 0 Å². The Morgan fingerprint density at radius 1 is 1.00 bits per heavy atom. The first-order valence-electron chi connectivity index (χ1n) is 8.63. The smallest absolute Gasteiger partial charge is 0.243 e. The maximum atomic E-state index is 4.65. The number of aryl methyl sites for hydroxylation is 4. The molecule has 134 valence electrons. The zero-order valence-corrected chi connectivity index (χ0v) is 15.9. The van der Waals surface area contributed by atoms with Gasteiger partial charge in [0.1, 0.15) is 0 Å². The van der Waals surface area contributed by atoms with E-state index in [2.05, 4.69) is 63.7 Å². The van der Waals surface area contributed by atoms with Crippen molar-refractivity contribution < 1.29 is 0 Å². The second kappa shape index (κ2) is 7.47. The van der Waals surface area contributed by atoms with Crippen LogP contribution in [-0.4, -0.2) is 26.0 Å². The molecule has 3 rings (SSSR count). The molecule has 6 heteroatoms. The van der Waals surface area contributed by atoms with Gasteiger partial charge in [-0.25, -0.2) is 15.4 Å². The first kappa shape index (κ1) is 17.8. The molecule has 1 N–H and O–H groups in total. The van der Waals surface area contributed by atoms with E-state index in [1.807, 2.05) is 31.5 Å². The lowest BCUT2D eigenvalue weighted by atomic mass is 10.1. The highest BCUT2D eigenvalue weighted by atomic mass is 15.3. The molecule has 6 nitrogen and oxygen atoms in total. The lowest BCUT2D eigenvalue weighted by Gasteiger charge is -2.05. The SMILES string of the molecule is Cc1ccc(Cn2nc(C)c(/C=N\Nc3nc(C)cc(C)n3)c2C)cc1. The predicted molar refractivity (Wildman–Crippen MR) is 105 cm³/mol. The zero-order chi connectivity index (χ0) is 18.7. The van der Waals surface area contributed by atoms with Crippen LogP contribution in [-0.2, 0) is 6.54 Å². The maximum Gasteiger partial charge on any atom is 0.243 e. The Bertz CT molecular complexity index is 917. The summed E-state index contributed by atoms with van der Waals surface area (Å²) in [7, 11) is 0. The van der Waals surface area contributed by atoms with E-state index in [1.165, 1.54) is 11.1 Å². The van der Waals surface area contributed by atoms with E-state index in [9.17, 15) is 0 Å². The van der Waals surface area contributed by atoms with Crippen molar-refractivity contribution in [3.05, 3.63) is 69.8 Å². The van der Waals surface area contributed by atoms with Crippen LogP contribution in [0.2, 0.25) is 0 Å². The van der Waals surface area contributed by atoms with Crippen LogP contribution >= 0.6 is 0 Å². The molecule has 0 unspecified atom stereocenters. The molecule has 0 amide bonds. The first-order valence-corrected chi connectivity index (χ1v) is 8.63. The van der Waals surface area contributed by atoms with E-state index >= 15 is 0 Å². The number of hydrogen-bond acceptors (Lipinski definition) is 5. The van der Waals surface area contributed by atoms with Crippen LogP contribution < -0.4 is 5.43 Å². The first-order chi connectivity index (χ1) is 12.4. The molecule has 0 saturated carbocycles. The standard InChI is InChI=1S/C20H24N6/c1-13-6-8-18(9-7-13)12-26-17(5)19(16(4)25-26)11-21-24-20-22-14(2)10-15(3)23-20/h6-11H,12H2,1-5H3,(H,22,23,24)/b21-11-. The predicted octanol–water partition coefficient (Wildman–Crippen LogP) is 3.71. The average Bonchev–Trinajstić information content (AvgIpc) is 2.83. The Balaban J connectivity index is 1.76. The van der Waals surface area contributed by atoms with Crippen molar-refractivity contribution in [2.45, 2.75) is 41.2 Å². The van der Waals surface area contributed by atoms with E-state index in [-0.39, 0.29) is 0 Å². The Morgan fingerprint density at radius 2 is 1.65 bits per heavy atom. The number of aromatic nitrogens is 4. The fourth-order valence-corrected chi connectivity index (χ4v) is 2.85. The van der Waals surface area contributed by atoms with Crippen molar-refractivity contribution >= 4 is 12.2 Å². The molecular formula is C20H24N6. The molecule has 0 aliphatic heterocycles. The normalized spacial score (nSPS) is 11.3. The molecule has 3 aromatic rings. The summed E-state index contributed by atoms with van der Waals surface area (Å²) in [6.45, 7) is 10.8. The summed E-state index contributed by atoms with van der Waals surface area (Å²) in [6, 6.07) is 10.4.